The van der Waals surface area contributed by atoms with Gasteiger partial charge in [-0.05, 0) is 25.7 Å². The first kappa shape index (κ1) is 14.8. The van der Waals surface area contributed by atoms with Crippen LogP contribution in [0.4, 0.5) is 0 Å². The molecule has 0 radical (unpaired) electrons. The molecule has 0 aromatic carbocycles. The molecule has 4 heteroatoms. The Morgan fingerprint density at radius 1 is 1.29 bits per heavy atom. The molecule has 0 saturated carbocycles. The first-order valence-corrected chi connectivity index (χ1v) is 6.85. The van der Waals surface area contributed by atoms with E-state index in [1.807, 2.05) is 13.8 Å². The van der Waals surface area contributed by atoms with Gasteiger partial charge < -0.3 is 10.1 Å². The number of ether oxygens (including phenoxy) is 1. The fraction of sp³-hybridized carbons (Fsp3) is 0.923. The van der Waals surface area contributed by atoms with Crippen LogP contribution in [0.1, 0.15) is 34.6 Å². The van der Waals surface area contributed by atoms with E-state index in [9.17, 15) is 4.79 Å². The van der Waals surface area contributed by atoms with Crippen molar-refractivity contribution in [3.8, 4) is 0 Å². The summed E-state index contributed by atoms with van der Waals surface area (Å²) in [6, 6.07) is 0. The fourth-order valence-corrected chi connectivity index (χ4v) is 2.35. The van der Waals surface area contributed by atoms with Crippen molar-refractivity contribution in [2.24, 2.45) is 17.8 Å². The SMILES string of the molecule is CC(C)C(Cl)CNC(=O)C1C(C)OC(C)C1C. The molecule has 0 bridgehead atoms. The lowest BCUT2D eigenvalue weighted by molar-refractivity contribution is -0.127. The van der Waals surface area contributed by atoms with Crippen molar-refractivity contribution in [2.45, 2.75) is 52.2 Å². The number of halogens is 1. The van der Waals surface area contributed by atoms with Crippen molar-refractivity contribution in [3.63, 3.8) is 0 Å². The molecule has 1 aliphatic heterocycles. The van der Waals surface area contributed by atoms with Crippen LogP contribution in [0.25, 0.3) is 0 Å². The van der Waals surface area contributed by atoms with Gasteiger partial charge in [0.1, 0.15) is 0 Å². The van der Waals surface area contributed by atoms with E-state index in [4.69, 9.17) is 16.3 Å². The second-order valence-electron chi connectivity index (χ2n) is 5.44. The molecule has 5 unspecified atom stereocenters. The zero-order valence-electron chi connectivity index (χ0n) is 11.4. The maximum absolute atomic E-state index is 12.1. The molecular formula is C13H24ClNO2. The van der Waals surface area contributed by atoms with E-state index in [2.05, 4.69) is 26.1 Å². The fourth-order valence-electron chi connectivity index (χ4n) is 2.27. The van der Waals surface area contributed by atoms with Gasteiger partial charge in [0.2, 0.25) is 5.91 Å². The van der Waals surface area contributed by atoms with Crippen molar-refractivity contribution in [1.82, 2.24) is 5.32 Å². The van der Waals surface area contributed by atoms with E-state index in [1.165, 1.54) is 0 Å². The number of amides is 1. The minimum Gasteiger partial charge on any atom is -0.374 e. The molecule has 3 nitrogen and oxygen atoms in total. The van der Waals surface area contributed by atoms with Gasteiger partial charge in [0.15, 0.2) is 0 Å². The van der Waals surface area contributed by atoms with Gasteiger partial charge in [0.25, 0.3) is 0 Å². The highest BCUT2D eigenvalue weighted by Gasteiger charge is 2.41. The summed E-state index contributed by atoms with van der Waals surface area (Å²) in [7, 11) is 0. The molecule has 1 amide bonds. The predicted molar refractivity (Wildman–Crippen MR) is 70.2 cm³/mol. The largest absolute Gasteiger partial charge is 0.374 e. The van der Waals surface area contributed by atoms with Crippen molar-refractivity contribution in [2.75, 3.05) is 6.54 Å². The quantitative estimate of drug-likeness (QED) is 0.790. The third kappa shape index (κ3) is 3.59. The highest BCUT2D eigenvalue weighted by Crippen LogP contribution is 2.32. The minimum absolute atomic E-state index is 0.00664. The van der Waals surface area contributed by atoms with E-state index in [1.54, 1.807) is 0 Å². The van der Waals surface area contributed by atoms with E-state index >= 15 is 0 Å². The van der Waals surface area contributed by atoms with Crippen molar-refractivity contribution in [3.05, 3.63) is 0 Å². The van der Waals surface area contributed by atoms with Crippen molar-refractivity contribution < 1.29 is 9.53 Å². The zero-order chi connectivity index (χ0) is 13.2. The Kier molecular flexibility index (Phi) is 5.26. The molecule has 1 saturated heterocycles. The number of rotatable bonds is 4. The Labute approximate surface area is 109 Å². The third-order valence-corrected chi connectivity index (χ3v) is 4.40. The second kappa shape index (κ2) is 6.05. The standard InChI is InChI=1S/C13H24ClNO2/c1-7(2)11(14)6-15-13(16)12-8(3)9(4)17-10(12)5/h7-12H,6H2,1-5H3,(H,15,16). The summed E-state index contributed by atoms with van der Waals surface area (Å²) in [5, 5.41) is 2.93. The Hall–Kier alpha value is -0.280. The van der Waals surface area contributed by atoms with Gasteiger partial charge in [-0.3, -0.25) is 4.79 Å². The lowest BCUT2D eigenvalue weighted by Crippen LogP contribution is -2.40. The lowest BCUT2D eigenvalue weighted by Gasteiger charge is -2.20. The Balaban J connectivity index is 2.48. The van der Waals surface area contributed by atoms with Gasteiger partial charge in [-0.2, -0.15) is 0 Å². The van der Waals surface area contributed by atoms with Crippen LogP contribution in [0.15, 0.2) is 0 Å². The van der Waals surface area contributed by atoms with Gasteiger partial charge in [-0.1, -0.05) is 20.8 Å². The predicted octanol–water partition coefficient (Wildman–Crippen LogP) is 2.43. The number of carbonyl (C=O) groups is 1. The van der Waals surface area contributed by atoms with Crippen molar-refractivity contribution in [1.29, 1.82) is 0 Å². The van der Waals surface area contributed by atoms with E-state index in [0.29, 0.717) is 12.5 Å². The highest BCUT2D eigenvalue weighted by molar-refractivity contribution is 6.21. The Morgan fingerprint density at radius 2 is 1.88 bits per heavy atom. The highest BCUT2D eigenvalue weighted by atomic mass is 35.5. The maximum Gasteiger partial charge on any atom is 0.226 e. The molecule has 1 fully saturated rings. The average molecular weight is 262 g/mol. The molecule has 1 rings (SSSR count). The zero-order valence-corrected chi connectivity index (χ0v) is 12.1. The van der Waals surface area contributed by atoms with Gasteiger partial charge in [0, 0.05) is 6.54 Å². The monoisotopic (exact) mass is 261 g/mol. The number of carbonyl (C=O) groups excluding carboxylic acids is 1. The molecule has 0 spiro atoms. The molecule has 0 aromatic rings. The van der Waals surface area contributed by atoms with Crippen LogP contribution in [-0.2, 0) is 9.53 Å². The van der Waals surface area contributed by atoms with Crippen LogP contribution in [0.2, 0.25) is 0 Å². The van der Waals surface area contributed by atoms with Crippen LogP contribution in [0, 0.1) is 17.8 Å². The number of hydrogen-bond acceptors (Lipinski definition) is 2. The van der Waals surface area contributed by atoms with Crippen LogP contribution in [0.3, 0.4) is 0 Å². The molecule has 0 aliphatic carbocycles. The molecule has 1 aliphatic rings. The summed E-state index contributed by atoms with van der Waals surface area (Å²) in [5.41, 5.74) is 0. The van der Waals surface area contributed by atoms with E-state index < -0.39 is 0 Å². The van der Waals surface area contributed by atoms with Crippen LogP contribution in [0.5, 0.6) is 0 Å². The molecule has 1 heterocycles. The molecule has 1 N–H and O–H groups in total. The van der Waals surface area contributed by atoms with Gasteiger partial charge in [-0.15, -0.1) is 11.6 Å². The topological polar surface area (TPSA) is 38.3 Å². The molecule has 100 valence electrons. The molecule has 17 heavy (non-hydrogen) atoms. The van der Waals surface area contributed by atoms with Crippen LogP contribution < -0.4 is 5.32 Å². The summed E-state index contributed by atoms with van der Waals surface area (Å²) in [6.07, 6.45) is 0.144. The second-order valence-corrected chi connectivity index (χ2v) is 6.00. The summed E-state index contributed by atoms with van der Waals surface area (Å²) in [5.74, 6) is 0.644. The maximum atomic E-state index is 12.1. The van der Waals surface area contributed by atoms with E-state index in [-0.39, 0.29) is 35.3 Å². The minimum atomic E-state index is -0.0546. The summed E-state index contributed by atoms with van der Waals surface area (Å²) >= 11 is 6.12. The van der Waals surface area contributed by atoms with Crippen LogP contribution in [-0.4, -0.2) is 30.0 Å². The Bertz CT molecular complexity index is 270. The first-order valence-electron chi connectivity index (χ1n) is 6.41. The molecule has 5 atom stereocenters. The Morgan fingerprint density at radius 3 is 2.29 bits per heavy atom. The molecule has 0 aromatic heterocycles. The lowest BCUT2D eigenvalue weighted by atomic mass is 9.89. The third-order valence-electron chi connectivity index (χ3n) is 3.74. The van der Waals surface area contributed by atoms with Crippen molar-refractivity contribution >= 4 is 17.5 Å². The summed E-state index contributed by atoms with van der Waals surface area (Å²) in [6.45, 7) is 10.7. The van der Waals surface area contributed by atoms with E-state index in [0.717, 1.165) is 0 Å². The van der Waals surface area contributed by atoms with Gasteiger partial charge in [0.05, 0.1) is 23.5 Å². The molecular weight excluding hydrogens is 238 g/mol. The van der Waals surface area contributed by atoms with Gasteiger partial charge in [-0.25, -0.2) is 0 Å². The first-order chi connectivity index (χ1) is 7.84. The smallest absolute Gasteiger partial charge is 0.226 e. The number of alkyl halides is 1. The average Bonchev–Trinajstić information content (AvgIpc) is 2.49. The van der Waals surface area contributed by atoms with Gasteiger partial charge >= 0.3 is 0 Å². The number of hydrogen-bond donors (Lipinski definition) is 1. The summed E-state index contributed by atoms with van der Waals surface area (Å²) in [4.78, 5) is 12.1. The normalized spacial score (nSPS) is 35.0. The number of nitrogens with one attached hydrogen (secondary N) is 1. The van der Waals surface area contributed by atoms with Crippen LogP contribution >= 0.6 is 11.6 Å². The summed E-state index contributed by atoms with van der Waals surface area (Å²) < 4.78 is 5.67.